The van der Waals surface area contributed by atoms with Crippen LogP contribution < -0.4 is 20.1 Å². The van der Waals surface area contributed by atoms with Crippen LogP contribution in [0.1, 0.15) is 44.4 Å². The van der Waals surface area contributed by atoms with Gasteiger partial charge in [-0.25, -0.2) is 4.98 Å². The number of fused-ring (bicyclic) bond motifs is 1. The van der Waals surface area contributed by atoms with Crippen LogP contribution in [0.3, 0.4) is 0 Å². The number of ether oxygens (including phenoxy) is 2. The third-order valence-electron chi connectivity index (χ3n) is 5.45. The number of nitrogens with one attached hydrogen (secondary N) is 2. The molecule has 1 aliphatic rings. The lowest BCUT2D eigenvalue weighted by atomic mass is 10.2. The molecule has 1 heterocycles. The highest BCUT2D eigenvalue weighted by atomic mass is 16.5. The number of aryl methyl sites for hydroxylation is 1. The molecule has 7 heteroatoms. The minimum absolute atomic E-state index is 0.606. The van der Waals surface area contributed by atoms with Gasteiger partial charge in [-0.3, -0.25) is 0 Å². The summed E-state index contributed by atoms with van der Waals surface area (Å²) in [6.45, 7) is 8.32. The van der Waals surface area contributed by atoms with Gasteiger partial charge in [0, 0.05) is 30.9 Å². The zero-order valence-corrected chi connectivity index (χ0v) is 18.8. The third-order valence-corrected chi connectivity index (χ3v) is 5.45. The number of aromatic nitrogens is 2. The fourth-order valence-corrected chi connectivity index (χ4v) is 3.91. The van der Waals surface area contributed by atoms with Crippen molar-refractivity contribution < 1.29 is 9.47 Å². The standard InChI is InChI=1S/C23H35N5O2/c1-5-13-28(6-2)14-8-15-30-21-16-17(11-12-20(21)29-4)25-23-26-19-10-7-9-18(19)22(24-3)27-23/h11-12,16H,5-10,13-15H2,1-4H3,(H2,24,25,26,27). The van der Waals surface area contributed by atoms with Crippen molar-refractivity contribution in [2.45, 2.75) is 46.0 Å². The third kappa shape index (κ3) is 5.53. The molecule has 0 saturated carbocycles. The molecule has 0 radical (unpaired) electrons. The largest absolute Gasteiger partial charge is 0.493 e. The van der Waals surface area contributed by atoms with Crippen LogP contribution in [0.2, 0.25) is 0 Å². The van der Waals surface area contributed by atoms with Gasteiger partial charge in [0.05, 0.1) is 19.4 Å². The van der Waals surface area contributed by atoms with Crippen molar-refractivity contribution in [1.29, 1.82) is 0 Å². The fraction of sp³-hybridized carbons (Fsp3) is 0.565. The maximum atomic E-state index is 6.05. The molecule has 1 aromatic heterocycles. The van der Waals surface area contributed by atoms with Gasteiger partial charge in [0.25, 0.3) is 0 Å². The molecule has 2 N–H and O–H groups in total. The first kappa shape index (κ1) is 22.2. The second-order valence-electron chi connectivity index (χ2n) is 7.55. The zero-order valence-electron chi connectivity index (χ0n) is 18.8. The van der Waals surface area contributed by atoms with E-state index in [1.54, 1.807) is 7.11 Å². The molecule has 0 fully saturated rings. The molecule has 7 nitrogen and oxygen atoms in total. The number of methoxy groups -OCH3 is 1. The van der Waals surface area contributed by atoms with Crippen molar-refractivity contribution >= 4 is 17.5 Å². The number of hydrogen-bond donors (Lipinski definition) is 2. The number of benzene rings is 1. The van der Waals surface area contributed by atoms with E-state index < -0.39 is 0 Å². The van der Waals surface area contributed by atoms with Crippen LogP contribution in [0.5, 0.6) is 11.5 Å². The van der Waals surface area contributed by atoms with E-state index >= 15 is 0 Å². The Morgan fingerprint density at radius 1 is 1.10 bits per heavy atom. The van der Waals surface area contributed by atoms with Crippen LogP contribution in [0.4, 0.5) is 17.5 Å². The Morgan fingerprint density at radius 3 is 2.70 bits per heavy atom. The Balaban J connectivity index is 1.66. The topological polar surface area (TPSA) is 71.5 Å². The van der Waals surface area contributed by atoms with Crippen LogP contribution in [0.25, 0.3) is 0 Å². The van der Waals surface area contributed by atoms with Crippen molar-refractivity contribution in [1.82, 2.24) is 14.9 Å². The summed E-state index contributed by atoms with van der Waals surface area (Å²) in [4.78, 5) is 11.8. The van der Waals surface area contributed by atoms with Gasteiger partial charge in [0.15, 0.2) is 11.5 Å². The van der Waals surface area contributed by atoms with Gasteiger partial charge in [-0.15, -0.1) is 0 Å². The highest BCUT2D eigenvalue weighted by molar-refractivity contribution is 5.62. The monoisotopic (exact) mass is 413 g/mol. The molecule has 164 valence electrons. The van der Waals surface area contributed by atoms with E-state index in [0.29, 0.717) is 12.6 Å². The van der Waals surface area contributed by atoms with Gasteiger partial charge in [0.1, 0.15) is 5.82 Å². The van der Waals surface area contributed by atoms with Crippen LogP contribution in [-0.2, 0) is 12.8 Å². The first-order valence-corrected chi connectivity index (χ1v) is 11.1. The minimum atomic E-state index is 0.606. The molecule has 0 saturated heterocycles. The van der Waals surface area contributed by atoms with Crippen molar-refractivity contribution in [2.24, 2.45) is 0 Å². The predicted molar refractivity (Wildman–Crippen MR) is 122 cm³/mol. The summed E-state index contributed by atoms with van der Waals surface area (Å²) in [6.07, 6.45) is 5.34. The normalized spacial score (nSPS) is 12.7. The molecule has 1 aliphatic carbocycles. The molecular weight excluding hydrogens is 378 g/mol. The molecule has 0 amide bonds. The summed E-state index contributed by atoms with van der Waals surface area (Å²) in [6, 6.07) is 5.83. The maximum Gasteiger partial charge on any atom is 0.229 e. The summed E-state index contributed by atoms with van der Waals surface area (Å²) in [5, 5.41) is 6.53. The maximum absolute atomic E-state index is 6.05. The van der Waals surface area contributed by atoms with Gasteiger partial charge in [-0.1, -0.05) is 13.8 Å². The lowest BCUT2D eigenvalue weighted by Gasteiger charge is -2.19. The zero-order chi connectivity index (χ0) is 21.3. The number of hydrogen-bond acceptors (Lipinski definition) is 7. The lowest BCUT2D eigenvalue weighted by molar-refractivity contribution is 0.236. The molecule has 1 aromatic carbocycles. The SMILES string of the molecule is CCCN(CC)CCCOc1cc(Nc2nc3c(c(NC)n2)CCC3)ccc1OC. The minimum Gasteiger partial charge on any atom is -0.493 e. The predicted octanol–water partition coefficient (Wildman–Crippen LogP) is 4.26. The first-order valence-electron chi connectivity index (χ1n) is 11.1. The van der Waals surface area contributed by atoms with Crippen molar-refractivity contribution in [3.05, 3.63) is 29.5 Å². The molecule has 0 spiro atoms. The van der Waals surface area contributed by atoms with E-state index in [1.165, 1.54) is 12.0 Å². The highest BCUT2D eigenvalue weighted by Crippen LogP contribution is 2.32. The van der Waals surface area contributed by atoms with Crippen LogP contribution in [0.15, 0.2) is 18.2 Å². The quantitative estimate of drug-likeness (QED) is 0.504. The molecule has 0 bridgehead atoms. The number of nitrogens with zero attached hydrogens (tertiary/aromatic N) is 3. The number of rotatable bonds is 12. The molecule has 3 rings (SSSR count). The van der Waals surface area contributed by atoms with E-state index in [-0.39, 0.29) is 0 Å². The van der Waals surface area contributed by atoms with Gasteiger partial charge in [-0.2, -0.15) is 4.98 Å². The average Bonchev–Trinajstić information content (AvgIpc) is 3.24. The van der Waals surface area contributed by atoms with Gasteiger partial charge < -0.3 is 25.0 Å². The summed E-state index contributed by atoms with van der Waals surface area (Å²) < 4.78 is 11.5. The fourth-order valence-electron chi connectivity index (χ4n) is 3.91. The van der Waals surface area contributed by atoms with Crippen molar-refractivity contribution in [3.63, 3.8) is 0 Å². The summed E-state index contributed by atoms with van der Waals surface area (Å²) >= 11 is 0. The van der Waals surface area contributed by atoms with Crippen LogP contribution >= 0.6 is 0 Å². The highest BCUT2D eigenvalue weighted by Gasteiger charge is 2.19. The van der Waals surface area contributed by atoms with Crippen LogP contribution in [0, 0.1) is 0 Å². The van der Waals surface area contributed by atoms with E-state index in [9.17, 15) is 0 Å². The molecule has 0 unspecified atom stereocenters. The van der Waals surface area contributed by atoms with E-state index in [2.05, 4.69) is 34.4 Å². The molecular formula is C23H35N5O2. The van der Waals surface area contributed by atoms with Gasteiger partial charge in [-0.05, 0) is 57.3 Å². The molecule has 0 aliphatic heterocycles. The van der Waals surface area contributed by atoms with Crippen LogP contribution in [-0.4, -0.2) is 55.3 Å². The average molecular weight is 414 g/mol. The Hall–Kier alpha value is -2.54. The molecule has 30 heavy (non-hydrogen) atoms. The summed E-state index contributed by atoms with van der Waals surface area (Å²) in [5.41, 5.74) is 3.26. The van der Waals surface area contributed by atoms with E-state index in [4.69, 9.17) is 14.5 Å². The smallest absolute Gasteiger partial charge is 0.229 e. The van der Waals surface area contributed by atoms with E-state index in [1.807, 2.05) is 25.2 Å². The van der Waals surface area contributed by atoms with Crippen molar-refractivity contribution in [2.75, 3.05) is 51.0 Å². The Morgan fingerprint density at radius 2 is 1.97 bits per heavy atom. The second kappa shape index (κ2) is 11.0. The molecule has 2 aromatic rings. The van der Waals surface area contributed by atoms with E-state index in [0.717, 1.165) is 74.0 Å². The Labute approximate surface area is 180 Å². The summed E-state index contributed by atoms with van der Waals surface area (Å²) in [7, 11) is 3.57. The lowest BCUT2D eigenvalue weighted by Crippen LogP contribution is -2.26. The van der Waals surface area contributed by atoms with Crippen molar-refractivity contribution in [3.8, 4) is 11.5 Å². The number of anilines is 3. The summed E-state index contributed by atoms with van der Waals surface area (Å²) in [5.74, 6) is 2.98. The Kier molecular flexibility index (Phi) is 8.13. The van der Waals surface area contributed by atoms with Gasteiger partial charge in [0.2, 0.25) is 5.95 Å². The Bertz CT molecular complexity index is 827. The second-order valence-corrected chi connectivity index (χ2v) is 7.55. The first-order chi connectivity index (χ1) is 14.7. The molecule has 0 atom stereocenters. The van der Waals surface area contributed by atoms with Gasteiger partial charge >= 0.3 is 0 Å².